The molecule has 0 aromatic carbocycles. The Balaban J connectivity index is 2.92. The molecule has 1 aromatic rings. The number of aliphatic hydroxyl groups excluding tert-OH is 1. The molecule has 4 nitrogen and oxygen atoms in total. The number of anilines is 1. The van der Waals surface area contributed by atoms with Gasteiger partial charge in [0.15, 0.2) is 0 Å². The van der Waals surface area contributed by atoms with Crippen LogP contribution in [0.5, 0.6) is 0 Å². The maximum Gasteiger partial charge on any atom is 0.0627 e. The Morgan fingerprint density at radius 2 is 2.50 bits per heavy atom. The molecule has 0 aliphatic carbocycles. The number of aliphatic hydroxyl groups is 1. The van der Waals surface area contributed by atoms with Crippen LogP contribution in [-0.4, -0.2) is 23.7 Å². The number of nitrogens with one attached hydrogen (secondary N) is 1. The zero-order valence-corrected chi connectivity index (χ0v) is 6.99. The van der Waals surface area contributed by atoms with E-state index < -0.39 is 0 Å². The Hall–Kier alpha value is -1.13. The topological polar surface area (TPSA) is 71.2 Å². The molecule has 0 spiro atoms. The second-order valence-corrected chi connectivity index (χ2v) is 2.53. The SMILES string of the molecule is CN[C@H](CO)c1ccncc1N. The Bertz CT molecular complexity index is 248. The van der Waals surface area contributed by atoms with Gasteiger partial charge in [0.2, 0.25) is 0 Å². The molecular formula is C8H13N3O. The minimum atomic E-state index is -0.104. The van der Waals surface area contributed by atoms with Crippen molar-refractivity contribution in [3.8, 4) is 0 Å². The van der Waals surface area contributed by atoms with Gasteiger partial charge < -0.3 is 16.2 Å². The monoisotopic (exact) mass is 167 g/mol. The van der Waals surface area contributed by atoms with Crippen molar-refractivity contribution < 1.29 is 5.11 Å². The first-order chi connectivity index (χ1) is 5.79. The molecule has 1 aromatic heterocycles. The highest BCUT2D eigenvalue weighted by molar-refractivity contribution is 5.45. The molecule has 0 radical (unpaired) electrons. The summed E-state index contributed by atoms with van der Waals surface area (Å²) < 4.78 is 0. The molecule has 0 aliphatic heterocycles. The average molecular weight is 167 g/mol. The molecule has 0 fully saturated rings. The van der Waals surface area contributed by atoms with Gasteiger partial charge in [0.05, 0.1) is 24.5 Å². The van der Waals surface area contributed by atoms with E-state index in [0.717, 1.165) is 5.56 Å². The molecule has 1 heterocycles. The molecule has 4 N–H and O–H groups in total. The number of hydrogen-bond donors (Lipinski definition) is 3. The van der Waals surface area contributed by atoms with E-state index in [1.165, 1.54) is 0 Å². The fourth-order valence-electron chi connectivity index (χ4n) is 1.08. The number of likely N-dealkylation sites (N-methyl/N-ethyl adjacent to an activating group) is 1. The number of nitrogens with zero attached hydrogens (tertiary/aromatic N) is 1. The molecule has 66 valence electrons. The van der Waals surface area contributed by atoms with Crippen molar-refractivity contribution in [2.75, 3.05) is 19.4 Å². The van der Waals surface area contributed by atoms with Gasteiger partial charge in [-0.1, -0.05) is 0 Å². The van der Waals surface area contributed by atoms with E-state index in [9.17, 15) is 0 Å². The third-order valence-corrected chi connectivity index (χ3v) is 1.79. The van der Waals surface area contributed by atoms with Crippen molar-refractivity contribution in [1.82, 2.24) is 10.3 Å². The van der Waals surface area contributed by atoms with Crippen LogP contribution in [0.25, 0.3) is 0 Å². The first-order valence-electron chi connectivity index (χ1n) is 3.77. The second-order valence-electron chi connectivity index (χ2n) is 2.53. The van der Waals surface area contributed by atoms with Gasteiger partial charge in [-0.3, -0.25) is 4.98 Å². The Morgan fingerprint density at radius 3 is 3.00 bits per heavy atom. The highest BCUT2D eigenvalue weighted by Gasteiger charge is 2.09. The third-order valence-electron chi connectivity index (χ3n) is 1.79. The Labute approximate surface area is 71.4 Å². The summed E-state index contributed by atoms with van der Waals surface area (Å²) in [7, 11) is 1.78. The zero-order valence-electron chi connectivity index (χ0n) is 6.99. The molecule has 0 saturated carbocycles. The first kappa shape index (κ1) is 8.96. The van der Waals surface area contributed by atoms with Crippen molar-refractivity contribution >= 4 is 5.69 Å². The first-order valence-corrected chi connectivity index (χ1v) is 3.77. The Morgan fingerprint density at radius 1 is 1.75 bits per heavy atom. The number of nitrogen functional groups attached to an aromatic ring is 1. The quantitative estimate of drug-likeness (QED) is 0.588. The van der Waals surface area contributed by atoms with E-state index in [0.29, 0.717) is 5.69 Å². The van der Waals surface area contributed by atoms with Gasteiger partial charge in [-0.2, -0.15) is 0 Å². The highest BCUT2D eigenvalue weighted by atomic mass is 16.3. The fourth-order valence-corrected chi connectivity index (χ4v) is 1.08. The smallest absolute Gasteiger partial charge is 0.0627 e. The summed E-state index contributed by atoms with van der Waals surface area (Å²) in [6.45, 7) is 0.0325. The molecule has 1 rings (SSSR count). The summed E-state index contributed by atoms with van der Waals surface area (Å²) in [6.07, 6.45) is 3.24. The summed E-state index contributed by atoms with van der Waals surface area (Å²) in [5.74, 6) is 0. The van der Waals surface area contributed by atoms with E-state index in [-0.39, 0.29) is 12.6 Å². The Kier molecular flexibility index (Phi) is 3.01. The fraction of sp³-hybridized carbons (Fsp3) is 0.375. The molecule has 0 amide bonds. The van der Waals surface area contributed by atoms with Crippen molar-refractivity contribution in [3.63, 3.8) is 0 Å². The van der Waals surface area contributed by atoms with Gasteiger partial charge >= 0.3 is 0 Å². The summed E-state index contributed by atoms with van der Waals surface area (Å²) in [6, 6.07) is 1.69. The normalized spacial score (nSPS) is 12.8. The molecule has 1 atom stereocenters. The van der Waals surface area contributed by atoms with E-state index >= 15 is 0 Å². The van der Waals surface area contributed by atoms with Crippen LogP contribution < -0.4 is 11.1 Å². The van der Waals surface area contributed by atoms with Crippen molar-refractivity contribution in [2.24, 2.45) is 0 Å². The predicted molar refractivity (Wildman–Crippen MR) is 47.5 cm³/mol. The number of rotatable bonds is 3. The highest BCUT2D eigenvalue weighted by Crippen LogP contribution is 2.17. The lowest BCUT2D eigenvalue weighted by Crippen LogP contribution is -2.21. The molecule has 12 heavy (non-hydrogen) atoms. The summed E-state index contributed by atoms with van der Waals surface area (Å²) in [5, 5.41) is 11.9. The molecule has 0 aliphatic rings. The number of nitrogens with two attached hydrogens (primary N) is 1. The number of pyridine rings is 1. The summed E-state index contributed by atoms with van der Waals surface area (Å²) in [4.78, 5) is 3.86. The second kappa shape index (κ2) is 4.04. The van der Waals surface area contributed by atoms with Crippen LogP contribution in [0.15, 0.2) is 18.5 Å². The van der Waals surface area contributed by atoms with Crippen LogP contribution in [0, 0.1) is 0 Å². The van der Waals surface area contributed by atoms with Gasteiger partial charge in [0.25, 0.3) is 0 Å². The van der Waals surface area contributed by atoms with Gasteiger partial charge in [0, 0.05) is 6.20 Å². The lowest BCUT2D eigenvalue weighted by Gasteiger charge is -2.14. The van der Waals surface area contributed by atoms with Crippen LogP contribution in [0.3, 0.4) is 0 Å². The van der Waals surface area contributed by atoms with Crippen molar-refractivity contribution in [1.29, 1.82) is 0 Å². The molecular weight excluding hydrogens is 154 g/mol. The van der Waals surface area contributed by atoms with Crippen molar-refractivity contribution in [2.45, 2.75) is 6.04 Å². The average Bonchev–Trinajstić information content (AvgIpc) is 2.10. The lowest BCUT2D eigenvalue weighted by atomic mass is 10.1. The van der Waals surface area contributed by atoms with Crippen LogP contribution in [0.1, 0.15) is 11.6 Å². The molecule has 0 bridgehead atoms. The zero-order chi connectivity index (χ0) is 8.97. The molecule has 0 saturated heterocycles. The number of hydrogen-bond acceptors (Lipinski definition) is 4. The maximum atomic E-state index is 8.97. The van der Waals surface area contributed by atoms with E-state index in [1.54, 1.807) is 25.5 Å². The van der Waals surface area contributed by atoms with Gasteiger partial charge in [0.1, 0.15) is 0 Å². The molecule has 0 unspecified atom stereocenters. The van der Waals surface area contributed by atoms with Gasteiger partial charge in [-0.25, -0.2) is 0 Å². The summed E-state index contributed by atoms with van der Waals surface area (Å²) in [5.41, 5.74) is 7.15. The standard InChI is InChI=1S/C8H13N3O/c1-10-8(5-12)6-2-3-11-4-7(6)9/h2-4,8,10,12H,5,9H2,1H3/t8-/m1/s1. The third kappa shape index (κ3) is 1.72. The minimum Gasteiger partial charge on any atom is -0.397 e. The van der Waals surface area contributed by atoms with E-state index in [2.05, 4.69) is 10.3 Å². The number of aromatic nitrogens is 1. The predicted octanol–water partition coefficient (Wildman–Crippen LogP) is -0.0834. The maximum absolute atomic E-state index is 8.97. The largest absolute Gasteiger partial charge is 0.397 e. The minimum absolute atomic E-state index is 0.0325. The van der Waals surface area contributed by atoms with Crippen LogP contribution >= 0.6 is 0 Å². The van der Waals surface area contributed by atoms with Crippen LogP contribution in [-0.2, 0) is 0 Å². The van der Waals surface area contributed by atoms with Gasteiger partial charge in [-0.15, -0.1) is 0 Å². The van der Waals surface area contributed by atoms with E-state index in [1.807, 2.05) is 0 Å². The van der Waals surface area contributed by atoms with Crippen molar-refractivity contribution in [3.05, 3.63) is 24.0 Å². The lowest BCUT2D eigenvalue weighted by molar-refractivity contribution is 0.251. The summed E-state index contributed by atoms with van der Waals surface area (Å²) >= 11 is 0. The van der Waals surface area contributed by atoms with Gasteiger partial charge in [-0.05, 0) is 18.7 Å². The van der Waals surface area contributed by atoms with E-state index in [4.69, 9.17) is 10.8 Å². The van der Waals surface area contributed by atoms with Crippen LogP contribution in [0.2, 0.25) is 0 Å². The van der Waals surface area contributed by atoms with Crippen LogP contribution in [0.4, 0.5) is 5.69 Å². The molecule has 4 heteroatoms.